The van der Waals surface area contributed by atoms with Gasteiger partial charge >= 0.3 is 0 Å². The standard InChI is InChI=1S/C30H29N7O4/c1-30(2)26-19(29(39-3)40-30)12-13-24(35-26)34-25-15-22(33-23(17-38)18-9-5-4-6-10-18)20(16-32-25)28-36-27(37-41-28)21-11-7-8-14-31-21/h4-16,23,29,38H,17H2,1-3H3,(H2,32,33,34,35)/t23-,29?/m1/s1. The van der Waals surface area contributed by atoms with Crippen molar-refractivity contribution in [2.75, 3.05) is 24.4 Å². The number of benzene rings is 1. The fraction of sp³-hybridized carbons (Fsp3) is 0.233. The summed E-state index contributed by atoms with van der Waals surface area (Å²) < 4.78 is 17.1. The fourth-order valence-corrected chi connectivity index (χ4v) is 4.76. The third-order valence-corrected chi connectivity index (χ3v) is 6.79. The number of hydrogen-bond donors (Lipinski definition) is 3. The smallest absolute Gasteiger partial charge is 0.261 e. The second-order valence-corrected chi connectivity index (χ2v) is 10.00. The van der Waals surface area contributed by atoms with Gasteiger partial charge in [-0.05, 0) is 43.7 Å². The van der Waals surface area contributed by atoms with E-state index in [1.165, 1.54) is 0 Å². The van der Waals surface area contributed by atoms with E-state index in [0.717, 1.165) is 16.8 Å². The average Bonchev–Trinajstić information content (AvgIpc) is 3.59. The topological polar surface area (TPSA) is 140 Å². The Morgan fingerprint density at radius 1 is 1.00 bits per heavy atom. The summed E-state index contributed by atoms with van der Waals surface area (Å²) in [4.78, 5) is 18.3. The molecule has 0 radical (unpaired) electrons. The number of pyridine rings is 3. The normalized spacial score (nSPS) is 16.2. The van der Waals surface area contributed by atoms with Gasteiger partial charge in [0.2, 0.25) is 5.82 Å². The van der Waals surface area contributed by atoms with E-state index in [9.17, 15) is 5.11 Å². The van der Waals surface area contributed by atoms with E-state index in [2.05, 4.69) is 30.7 Å². The van der Waals surface area contributed by atoms with Gasteiger partial charge in [0.15, 0.2) is 6.29 Å². The van der Waals surface area contributed by atoms with E-state index in [1.807, 2.05) is 74.5 Å². The molecule has 208 valence electrons. The number of methoxy groups -OCH3 is 1. The third-order valence-electron chi connectivity index (χ3n) is 6.79. The number of hydrogen-bond acceptors (Lipinski definition) is 11. The zero-order valence-corrected chi connectivity index (χ0v) is 22.8. The molecular formula is C30H29N7O4. The fourth-order valence-electron chi connectivity index (χ4n) is 4.76. The van der Waals surface area contributed by atoms with Gasteiger partial charge < -0.3 is 29.7 Å². The molecule has 0 saturated carbocycles. The van der Waals surface area contributed by atoms with Gasteiger partial charge in [0.1, 0.15) is 22.9 Å². The van der Waals surface area contributed by atoms with E-state index in [-0.39, 0.29) is 12.5 Å². The highest BCUT2D eigenvalue weighted by atomic mass is 16.7. The third kappa shape index (κ3) is 5.38. The van der Waals surface area contributed by atoms with Crippen LogP contribution in [0.1, 0.15) is 43.0 Å². The van der Waals surface area contributed by atoms with Crippen LogP contribution in [-0.4, -0.2) is 43.9 Å². The maximum Gasteiger partial charge on any atom is 0.261 e. The maximum absolute atomic E-state index is 10.3. The van der Waals surface area contributed by atoms with Gasteiger partial charge in [0.25, 0.3) is 5.89 Å². The molecule has 0 spiro atoms. The Kier molecular flexibility index (Phi) is 7.14. The van der Waals surface area contributed by atoms with Crippen LogP contribution in [0.25, 0.3) is 23.0 Å². The molecule has 1 aromatic carbocycles. The Morgan fingerprint density at radius 2 is 1.83 bits per heavy atom. The molecule has 5 aromatic rings. The molecule has 3 N–H and O–H groups in total. The molecule has 0 amide bonds. The summed E-state index contributed by atoms with van der Waals surface area (Å²) in [6, 6.07) is 20.4. The number of nitrogens with one attached hydrogen (secondary N) is 2. The van der Waals surface area contributed by atoms with Crippen molar-refractivity contribution < 1.29 is 19.1 Å². The Bertz CT molecular complexity index is 1640. The quantitative estimate of drug-likeness (QED) is 0.217. The average molecular weight is 552 g/mol. The van der Waals surface area contributed by atoms with Crippen LogP contribution in [0.3, 0.4) is 0 Å². The predicted molar refractivity (Wildman–Crippen MR) is 152 cm³/mol. The number of anilines is 3. The molecule has 0 bridgehead atoms. The molecule has 11 nitrogen and oxygen atoms in total. The molecule has 6 rings (SSSR count). The van der Waals surface area contributed by atoms with Crippen molar-refractivity contribution in [2.45, 2.75) is 31.8 Å². The van der Waals surface area contributed by atoms with Gasteiger partial charge in [-0.25, -0.2) is 9.97 Å². The summed E-state index contributed by atoms with van der Waals surface area (Å²) in [6.45, 7) is 3.78. The molecule has 1 unspecified atom stereocenters. The van der Waals surface area contributed by atoms with Crippen molar-refractivity contribution in [1.82, 2.24) is 25.1 Å². The summed E-state index contributed by atoms with van der Waals surface area (Å²) in [6.07, 6.45) is 2.84. The SMILES string of the molecule is COC1OC(C)(C)c2nc(Nc3cc(N[C@H](CO)c4ccccc4)c(-c4nc(-c5ccccn5)no4)cn3)ccc21. The van der Waals surface area contributed by atoms with Crippen LogP contribution in [0.15, 0.2) is 83.6 Å². The number of ether oxygens (including phenoxy) is 2. The zero-order chi connectivity index (χ0) is 28.4. The van der Waals surface area contributed by atoms with Gasteiger partial charge in [-0.2, -0.15) is 4.98 Å². The van der Waals surface area contributed by atoms with E-state index < -0.39 is 17.9 Å². The highest BCUT2D eigenvalue weighted by Gasteiger charge is 2.39. The molecule has 1 aliphatic rings. The van der Waals surface area contributed by atoms with Crippen LogP contribution in [0.5, 0.6) is 0 Å². The van der Waals surface area contributed by atoms with Crippen LogP contribution in [0, 0.1) is 0 Å². The van der Waals surface area contributed by atoms with E-state index in [1.54, 1.807) is 25.6 Å². The van der Waals surface area contributed by atoms with Crippen molar-refractivity contribution in [2.24, 2.45) is 0 Å². The molecule has 2 atom stereocenters. The van der Waals surface area contributed by atoms with E-state index in [0.29, 0.717) is 34.4 Å². The van der Waals surface area contributed by atoms with Crippen molar-refractivity contribution in [3.05, 3.63) is 95.9 Å². The lowest BCUT2D eigenvalue weighted by atomic mass is 10.0. The lowest BCUT2D eigenvalue weighted by Gasteiger charge is -2.20. The highest BCUT2D eigenvalue weighted by Crippen LogP contribution is 2.43. The molecular weight excluding hydrogens is 522 g/mol. The summed E-state index contributed by atoms with van der Waals surface area (Å²) in [7, 11) is 1.61. The van der Waals surface area contributed by atoms with Gasteiger partial charge in [-0.15, -0.1) is 0 Å². The van der Waals surface area contributed by atoms with Gasteiger partial charge in [-0.1, -0.05) is 41.6 Å². The van der Waals surface area contributed by atoms with Gasteiger partial charge in [0, 0.05) is 31.1 Å². The number of fused-ring (bicyclic) bond motifs is 1. The van der Waals surface area contributed by atoms with E-state index in [4.69, 9.17) is 19.0 Å². The summed E-state index contributed by atoms with van der Waals surface area (Å²) in [5, 5.41) is 21.1. The molecule has 0 aliphatic carbocycles. The molecule has 0 saturated heterocycles. The molecule has 41 heavy (non-hydrogen) atoms. The number of aliphatic hydroxyl groups is 1. The number of aliphatic hydroxyl groups excluding tert-OH is 1. The highest BCUT2D eigenvalue weighted by molar-refractivity contribution is 5.76. The zero-order valence-electron chi connectivity index (χ0n) is 22.8. The van der Waals surface area contributed by atoms with Gasteiger partial charge in [-0.3, -0.25) is 4.98 Å². The first-order valence-corrected chi connectivity index (χ1v) is 13.1. The lowest BCUT2D eigenvalue weighted by Crippen LogP contribution is -2.18. The maximum atomic E-state index is 10.3. The monoisotopic (exact) mass is 551 g/mol. The molecule has 0 fully saturated rings. The molecule has 4 aromatic heterocycles. The Balaban J connectivity index is 1.35. The molecule has 5 heterocycles. The lowest BCUT2D eigenvalue weighted by molar-refractivity contribution is -0.175. The summed E-state index contributed by atoms with van der Waals surface area (Å²) in [5.41, 5.74) is 3.78. The first-order chi connectivity index (χ1) is 19.9. The largest absolute Gasteiger partial charge is 0.394 e. The number of rotatable bonds is 9. The Labute approximate surface area is 236 Å². The van der Waals surface area contributed by atoms with Crippen molar-refractivity contribution in [1.29, 1.82) is 0 Å². The number of aromatic nitrogens is 5. The second-order valence-electron chi connectivity index (χ2n) is 10.00. The van der Waals surface area contributed by atoms with Crippen molar-refractivity contribution >= 4 is 17.3 Å². The summed E-state index contributed by atoms with van der Waals surface area (Å²) in [5.74, 6) is 1.74. The van der Waals surface area contributed by atoms with Crippen LogP contribution >= 0.6 is 0 Å². The van der Waals surface area contributed by atoms with Crippen molar-refractivity contribution in [3.8, 4) is 23.0 Å². The Morgan fingerprint density at radius 3 is 2.59 bits per heavy atom. The minimum atomic E-state index is -0.606. The molecule has 11 heteroatoms. The summed E-state index contributed by atoms with van der Waals surface area (Å²) >= 11 is 0. The van der Waals surface area contributed by atoms with Gasteiger partial charge in [0.05, 0.1) is 29.6 Å². The van der Waals surface area contributed by atoms with Crippen molar-refractivity contribution in [3.63, 3.8) is 0 Å². The van der Waals surface area contributed by atoms with Crippen LogP contribution in [0.4, 0.5) is 17.3 Å². The minimum absolute atomic E-state index is 0.139. The number of nitrogens with zero attached hydrogens (tertiary/aromatic N) is 5. The first-order valence-electron chi connectivity index (χ1n) is 13.1. The van der Waals surface area contributed by atoms with Crippen LogP contribution in [-0.2, 0) is 15.1 Å². The Hall–Kier alpha value is -4.71. The minimum Gasteiger partial charge on any atom is -0.394 e. The first kappa shape index (κ1) is 26.5. The van der Waals surface area contributed by atoms with Crippen LogP contribution < -0.4 is 10.6 Å². The van der Waals surface area contributed by atoms with E-state index >= 15 is 0 Å². The predicted octanol–water partition coefficient (Wildman–Crippen LogP) is 5.39. The molecule has 1 aliphatic heterocycles. The van der Waals surface area contributed by atoms with Crippen LogP contribution in [0.2, 0.25) is 0 Å². The second kappa shape index (κ2) is 11.0.